The van der Waals surface area contributed by atoms with Gasteiger partial charge in [0.25, 0.3) is 0 Å². The average molecular weight is 258 g/mol. The molecule has 0 aliphatic heterocycles. The van der Waals surface area contributed by atoms with Crippen molar-refractivity contribution in [1.29, 1.82) is 0 Å². The van der Waals surface area contributed by atoms with E-state index in [0.29, 0.717) is 13.2 Å². The molecule has 0 unspecified atom stereocenters. The Balaban J connectivity index is 0.000000397. The highest BCUT2D eigenvalue weighted by molar-refractivity contribution is 5.77. The fraction of sp³-hybridized carbons (Fsp3) is 0.857. The van der Waals surface area contributed by atoms with Crippen molar-refractivity contribution in [3.8, 4) is 0 Å². The second-order valence-electron chi connectivity index (χ2n) is 4.23. The minimum absolute atomic E-state index is 0.104. The van der Waals surface area contributed by atoms with Gasteiger partial charge in [0.1, 0.15) is 0 Å². The van der Waals surface area contributed by atoms with Gasteiger partial charge in [0.2, 0.25) is 0 Å². The molecule has 0 aromatic rings. The predicted octanol–water partition coefficient (Wildman–Crippen LogP) is 3.23. The van der Waals surface area contributed by atoms with E-state index in [1.807, 2.05) is 0 Å². The lowest BCUT2D eigenvalue weighted by Crippen LogP contribution is -2.09. The van der Waals surface area contributed by atoms with Crippen LogP contribution in [0, 0.1) is 0 Å². The molecule has 0 aromatic heterocycles. The van der Waals surface area contributed by atoms with Gasteiger partial charge in [-0.3, -0.25) is 9.59 Å². The van der Waals surface area contributed by atoms with Crippen molar-refractivity contribution in [2.45, 2.75) is 65.2 Å². The molecule has 4 heteroatoms. The highest BCUT2D eigenvalue weighted by atomic mass is 16.5. The Morgan fingerprint density at radius 1 is 0.722 bits per heavy atom. The minimum Gasteiger partial charge on any atom is -0.466 e. The van der Waals surface area contributed by atoms with Crippen molar-refractivity contribution in [3.63, 3.8) is 0 Å². The maximum absolute atomic E-state index is 10.7. The van der Waals surface area contributed by atoms with E-state index in [-0.39, 0.29) is 24.8 Å². The third-order valence-corrected chi connectivity index (χ3v) is 2.64. The van der Waals surface area contributed by atoms with Crippen LogP contribution in [0.1, 0.15) is 65.2 Å². The van der Waals surface area contributed by atoms with Crippen molar-refractivity contribution in [2.75, 3.05) is 13.2 Å². The topological polar surface area (TPSA) is 52.6 Å². The number of esters is 2. The van der Waals surface area contributed by atoms with E-state index in [9.17, 15) is 9.59 Å². The fourth-order valence-electron chi connectivity index (χ4n) is 1.73. The maximum Gasteiger partial charge on any atom is 0.306 e. The number of ether oxygens (including phenoxy) is 2. The summed E-state index contributed by atoms with van der Waals surface area (Å²) in [5, 5.41) is 0. The van der Waals surface area contributed by atoms with Crippen LogP contribution >= 0.6 is 0 Å². The Hall–Kier alpha value is -1.06. The first kappa shape index (κ1) is 16.9. The molecule has 0 radical (unpaired) electrons. The van der Waals surface area contributed by atoms with Crippen molar-refractivity contribution in [1.82, 2.24) is 0 Å². The summed E-state index contributed by atoms with van der Waals surface area (Å²) in [5.41, 5.74) is 0. The van der Waals surface area contributed by atoms with Crippen molar-refractivity contribution < 1.29 is 19.1 Å². The third kappa shape index (κ3) is 11.4. The van der Waals surface area contributed by atoms with Gasteiger partial charge in [-0.05, 0) is 13.8 Å². The lowest BCUT2D eigenvalue weighted by molar-refractivity contribution is -0.149. The largest absolute Gasteiger partial charge is 0.466 e. The van der Waals surface area contributed by atoms with Crippen LogP contribution < -0.4 is 0 Å². The molecule has 0 saturated heterocycles. The SMILES string of the molecule is C1CCCCC1.CCOC(=O)CCC(=O)OCC. The van der Waals surface area contributed by atoms with E-state index in [0.717, 1.165) is 0 Å². The molecule has 4 nitrogen and oxygen atoms in total. The number of carbonyl (C=O) groups excluding carboxylic acids is 2. The average Bonchev–Trinajstić information content (AvgIpc) is 2.40. The van der Waals surface area contributed by atoms with Gasteiger partial charge < -0.3 is 9.47 Å². The molecule has 0 N–H and O–H groups in total. The minimum atomic E-state index is -0.356. The van der Waals surface area contributed by atoms with Crippen LogP contribution in [0.15, 0.2) is 0 Å². The summed E-state index contributed by atoms with van der Waals surface area (Å²) in [6.45, 7) is 4.15. The molecule has 0 aromatic carbocycles. The predicted molar refractivity (Wildman–Crippen MR) is 70.2 cm³/mol. The van der Waals surface area contributed by atoms with Crippen molar-refractivity contribution >= 4 is 11.9 Å². The summed E-state index contributed by atoms with van der Waals surface area (Å²) in [6, 6.07) is 0. The van der Waals surface area contributed by atoms with Crippen LogP contribution in [0.3, 0.4) is 0 Å². The molecular formula is C14H26O4. The highest BCUT2D eigenvalue weighted by Crippen LogP contribution is 2.15. The van der Waals surface area contributed by atoms with Crippen LogP contribution in [-0.2, 0) is 19.1 Å². The number of rotatable bonds is 5. The van der Waals surface area contributed by atoms with E-state index in [2.05, 4.69) is 9.47 Å². The van der Waals surface area contributed by atoms with Crippen LogP contribution in [0.25, 0.3) is 0 Å². The zero-order valence-electron chi connectivity index (χ0n) is 11.7. The van der Waals surface area contributed by atoms with Crippen molar-refractivity contribution in [3.05, 3.63) is 0 Å². The number of hydrogen-bond donors (Lipinski definition) is 0. The Morgan fingerprint density at radius 2 is 1.00 bits per heavy atom. The quantitative estimate of drug-likeness (QED) is 0.710. The Kier molecular flexibility index (Phi) is 11.7. The lowest BCUT2D eigenvalue weighted by atomic mass is 10.0. The molecule has 0 spiro atoms. The van der Waals surface area contributed by atoms with Crippen LogP contribution in [0.5, 0.6) is 0 Å². The third-order valence-electron chi connectivity index (χ3n) is 2.64. The summed E-state index contributed by atoms with van der Waals surface area (Å²) < 4.78 is 9.25. The molecule has 0 heterocycles. The van der Waals surface area contributed by atoms with E-state index < -0.39 is 0 Å². The van der Waals surface area contributed by atoms with Gasteiger partial charge in [0.05, 0.1) is 26.1 Å². The van der Waals surface area contributed by atoms with E-state index >= 15 is 0 Å². The molecule has 0 bridgehead atoms. The summed E-state index contributed by atoms with van der Waals surface area (Å²) in [5.74, 6) is -0.712. The van der Waals surface area contributed by atoms with Gasteiger partial charge in [-0.25, -0.2) is 0 Å². The summed E-state index contributed by atoms with van der Waals surface area (Å²) in [6.07, 6.45) is 9.21. The lowest BCUT2D eigenvalue weighted by Gasteiger charge is -2.05. The van der Waals surface area contributed by atoms with Crippen LogP contribution in [0.4, 0.5) is 0 Å². The van der Waals surface area contributed by atoms with Gasteiger partial charge in [-0.15, -0.1) is 0 Å². The normalized spacial score (nSPS) is 14.1. The Morgan fingerprint density at radius 3 is 1.22 bits per heavy atom. The molecule has 1 aliphatic rings. The second kappa shape index (κ2) is 12.4. The molecule has 1 fully saturated rings. The first-order chi connectivity index (χ1) is 8.70. The molecule has 1 saturated carbocycles. The summed E-state index contributed by atoms with van der Waals surface area (Å²) >= 11 is 0. The molecule has 1 aliphatic carbocycles. The standard InChI is InChI=1S/C8H14O4.C6H12/c1-3-11-7(9)5-6-8(10)12-4-2;1-2-4-6-5-3-1/h3-6H2,1-2H3;1-6H2. The van der Waals surface area contributed by atoms with E-state index in [1.165, 1.54) is 38.5 Å². The molecule has 18 heavy (non-hydrogen) atoms. The molecule has 106 valence electrons. The van der Waals surface area contributed by atoms with E-state index in [1.54, 1.807) is 13.8 Å². The van der Waals surface area contributed by atoms with Gasteiger partial charge in [0.15, 0.2) is 0 Å². The fourth-order valence-corrected chi connectivity index (χ4v) is 1.73. The van der Waals surface area contributed by atoms with Gasteiger partial charge in [0, 0.05) is 0 Å². The summed E-state index contributed by atoms with van der Waals surface area (Å²) in [7, 11) is 0. The van der Waals surface area contributed by atoms with Crippen molar-refractivity contribution in [2.24, 2.45) is 0 Å². The second-order valence-corrected chi connectivity index (χ2v) is 4.23. The number of hydrogen-bond acceptors (Lipinski definition) is 4. The van der Waals surface area contributed by atoms with E-state index in [4.69, 9.17) is 0 Å². The monoisotopic (exact) mass is 258 g/mol. The zero-order valence-corrected chi connectivity index (χ0v) is 11.7. The first-order valence-electron chi connectivity index (χ1n) is 7.02. The molecule has 1 rings (SSSR count). The van der Waals surface area contributed by atoms with Crippen LogP contribution in [-0.4, -0.2) is 25.2 Å². The Labute approximate surface area is 110 Å². The van der Waals surface area contributed by atoms with Gasteiger partial charge >= 0.3 is 11.9 Å². The molecule has 0 atom stereocenters. The Bertz CT molecular complexity index is 192. The van der Waals surface area contributed by atoms with Crippen LogP contribution in [0.2, 0.25) is 0 Å². The molecular weight excluding hydrogens is 232 g/mol. The smallest absolute Gasteiger partial charge is 0.306 e. The van der Waals surface area contributed by atoms with Gasteiger partial charge in [-0.1, -0.05) is 38.5 Å². The van der Waals surface area contributed by atoms with Gasteiger partial charge in [-0.2, -0.15) is 0 Å². The number of carbonyl (C=O) groups is 2. The highest BCUT2D eigenvalue weighted by Gasteiger charge is 2.07. The molecule has 0 amide bonds. The summed E-state index contributed by atoms with van der Waals surface area (Å²) in [4.78, 5) is 21.4. The zero-order chi connectivity index (χ0) is 13.6. The first-order valence-corrected chi connectivity index (χ1v) is 7.02. The maximum atomic E-state index is 10.7.